The van der Waals surface area contributed by atoms with Gasteiger partial charge in [-0.05, 0) is 44.1 Å². The summed E-state index contributed by atoms with van der Waals surface area (Å²) in [6.45, 7) is 11.0. The van der Waals surface area contributed by atoms with E-state index >= 15 is 0 Å². The molecule has 1 heterocycles. The Morgan fingerprint density at radius 2 is 2.05 bits per heavy atom. The number of rotatable bonds is 5. The van der Waals surface area contributed by atoms with E-state index in [1.165, 1.54) is 32.1 Å². The quantitative estimate of drug-likeness (QED) is 0.833. The van der Waals surface area contributed by atoms with E-state index in [1.807, 2.05) is 0 Å². The van der Waals surface area contributed by atoms with Gasteiger partial charge in [0.2, 0.25) is 0 Å². The lowest BCUT2D eigenvalue weighted by atomic mass is 9.68. The fraction of sp³-hybridized carbons (Fsp3) is 1.00. The lowest BCUT2D eigenvalue weighted by Crippen LogP contribution is -2.61. The van der Waals surface area contributed by atoms with E-state index in [-0.39, 0.29) is 5.54 Å². The van der Waals surface area contributed by atoms with Crippen molar-refractivity contribution in [2.45, 2.75) is 64.5 Å². The Morgan fingerprint density at radius 1 is 1.26 bits per heavy atom. The molecule has 2 fully saturated rings. The van der Waals surface area contributed by atoms with Crippen molar-refractivity contribution in [2.75, 3.05) is 26.2 Å². The molecular weight excluding hydrogens is 236 g/mol. The van der Waals surface area contributed by atoms with E-state index in [2.05, 4.69) is 25.7 Å². The summed E-state index contributed by atoms with van der Waals surface area (Å²) in [5.74, 6) is 1.51. The van der Waals surface area contributed by atoms with E-state index in [0.717, 1.165) is 32.2 Å². The number of hydrogen-bond donors (Lipinski definition) is 1. The SMILES string of the molecule is CCN(CC1CCCO1)C1(CN)CC(C)CCC1C. The van der Waals surface area contributed by atoms with Crippen molar-refractivity contribution in [2.24, 2.45) is 17.6 Å². The van der Waals surface area contributed by atoms with Gasteiger partial charge in [0.05, 0.1) is 6.10 Å². The van der Waals surface area contributed by atoms with Crippen LogP contribution in [-0.2, 0) is 4.74 Å². The fourth-order valence-corrected chi connectivity index (χ4v) is 4.22. The topological polar surface area (TPSA) is 38.5 Å². The smallest absolute Gasteiger partial charge is 0.0703 e. The summed E-state index contributed by atoms with van der Waals surface area (Å²) < 4.78 is 5.85. The van der Waals surface area contributed by atoms with Crippen LogP contribution in [0.25, 0.3) is 0 Å². The zero-order valence-corrected chi connectivity index (χ0v) is 13.0. The Morgan fingerprint density at radius 3 is 2.63 bits per heavy atom. The molecule has 3 heteroatoms. The molecule has 4 atom stereocenters. The molecule has 0 radical (unpaired) electrons. The summed E-state index contributed by atoms with van der Waals surface area (Å²) in [5.41, 5.74) is 6.47. The molecule has 1 aliphatic carbocycles. The second-order valence-electron chi connectivity index (χ2n) is 6.77. The molecule has 3 nitrogen and oxygen atoms in total. The molecule has 0 spiro atoms. The third-order valence-electron chi connectivity index (χ3n) is 5.52. The minimum absolute atomic E-state index is 0.207. The summed E-state index contributed by atoms with van der Waals surface area (Å²) in [7, 11) is 0. The van der Waals surface area contributed by atoms with Gasteiger partial charge in [-0.25, -0.2) is 0 Å². The van der Waals surface area contributed by atoms with Crippen LogP contribution in [0.1, 0.15) is 52.9 Å². The van der Waals surface area contributed by atoms with Crippen molar-refractivity contribution >= 4 is 0 Å². The van der Waals surface area contributed by atoms with Crippen LogP contribution in [0.4, 0.5) is 0 Å². The first kappa shape index (κ1) is 15.3. The molecule has 112 valence electrons. The zero-order chi connectivity index (χ0) is 13.9. The Bertz CT molecular complexity index is 278. The Hall–Kier alpha value is -0.120. The van der Waals surface area contributed by atoms with E-state index in [9.17, 15) is 0 Å². The van der Waals surface area contributed by atoms with Crippen molar-refractivity contribution in [3.63, 3.8) is 0 Å². The molecule has 1 saturated heterocycles. The molecule has 2 aliphatic rings. The Labute approximate surface area is 118 Å². The van der Waals surface area contributed by atoms with Gasteiger partial charge in [-0.15, -0.1) is 0 Å². The number of likely N-dealkylation sites (N-methyl/N-ethyl adjacent to an activating group) is 1. The van der Waals surface area contributed by atoms with E-state index in [1.54, 1.807) is 0 Å². The highest BCUT2D eigenvalue weighted by atomic mass is 16.5. The summed E-state index contributed by atoms with van der Waals surface area (Å²) in [5, 5.41) is 0. The van der Waals surface area contributed by atoms with Crippen molar-refractivity contribution in [1.29, 1.82) is 0 Å². The van der Waals surface area contributed by atoms with E-state index in [4.69, 9.17) is 10.5 Å². The summed E-state index contributed by atoms with van der Waals surface area (Å²) in [4.78, 5) is 2.64. The number of hydrogen-bond acceptors (Lipinski definition) is 3. The molecule has 1 aliphatic heterocycles. The molecule has 19 heavy (non-hydrogen) atoms. The van der Waals surface area contributed by atoms with Crippen LogP contribution in [0, 0.1) is 11.8 Å². The predicted molar refractivity (Wildman–Crippen MR) is 80.2 cm³/mol. The minimum atomic E-state index is 0.207. The normalized spacial score (nSPS) is 39.9. The lowest BCUT2D eigenvalue weighted by molar-refractivity contribution is -0.0313. The molecule has 0 amide bonds. The van der Waals surface area contributed by atoms with Gasteiger partial charge in [-0.3, -0.25) is 4.90 Å². The second-order valence-corrected chi connectivity index (χ2v) is 6.77. The van der Waals surface area contributed by atoms with E-state index in [0.29, 0.717) is 12.0 Å². The van der Waals surface area contributed by atoms with Crippen LogP contribution in [0.3, 0.4) is 0 Å². The summed E-state index contributed by atoms with van der Waals surface area (Å²) in [6.07, 6.45) is 6.82. The van der Waals surface area contributed by atoms with Gasteiger partial charge < -0.3 is 10.5 Å². The standard InChI is InChI=1S/C16H32N2O/c1-4-18(11-15-6-5-9-19-15)16(12-17)10-13(2)7-8-14(16)3/h13-15H,4-12,17H2,1-3H3. The van der Waals surface area contributed by atoms with Gasteiger partial charge in [-0.1, -0.05) is 27.2 Å². The van der Waals surface area contributed by atoms with Crippen molar-refractivity contribution < 1.29 is 4.74 Å². The minimum Gasteiger partial charge on any atom is -0.377 e. The molecule has 1 saturated carbocycles. The molecule has 0 bridgehead atoms. The lowest BCUT2D eigenvalue weighted by Gasteiger charge is -2.52. The van der Waals surface area contributed by atoms with Gasteiger partial charge in [0.1, 0.15) is 0 Å². The summed E-state index contributed by atoms with van der Waals surface area (Å²) in [6, 6.07) is 0. The number of nitrogens with zero attached hydrogens (tertiary/aromatic N) is 1. The molecule has 0 aromatic heterocycles. The maximum atomic E-state index is 6.26. The van der Waals surface area contributed by atoms with Gasteiger partial charge in [0, 0.05) is 25.2 Å². The van der Waals surface area contributed by atoms with Crippen molar-refractivity contribution in [3.8, 4) is 0 Å². The first-order chi connectivity index (χ1) is 9.12. The number of ether oxygens (including phenoxy) is 1. The third kappa shape index (κ3) is 3.14. The molecule has 0 aromatic carbocycles. The van der Waals surface area contributed by atoms with Crippen LogP contribution in [0.5, 0.6) is 0 Å². The first-order valence-corrected chi connectivity index (χ1v) is 8.19. The average Bonchev–Trinajstić information content (AvgIpc) is 2.92. The first-order valence-electron chi connectivity index (χ1n) is 8.19. The van der Waals surface area contributed by atoms with Gasteiger partial charge in [0.25, 0.3) is 0 Å². The third-order valence-corrected chi connectivity index (χ3v) is 5.52. The van der Waals surface area contributed by atoms with Gasteiger partial charge in [0.15, 0.2) is 0 Å². The molecule has 0 aromatic rings. The largest absolute Gasteiger partial charge is 0.377 e. The maximum absolute atomic E-state index is 6.26. The molecule has 4 unspecified atom stereocenters. The fourth-order valence-electron chi connectivity index (χ4n) is 4.22. The monoisotopic (exact) mass is 268 g/mol. The van der Waals surface area contributed by atoms with E-state index < -0.39 is 0 Å². The highest BCUT2D eigenvalue weighted by Gasteiger charge is 2.44. The molecule has 2 rings (SSSR count). The molecule has 2 N–H and O–H groups in total. The maximum Gasteiger partial charge on any atom is 0.0703 e. The average molecular weight is 268 g/mol. The predicted octanol–water partition coefficient (Wildman–Crippen LogP) is 2.64. The zero-order valence-electron chi connectivity index (χ0n) is 13.0. The van der Waals surface area contributed by atoms with Crippen LogP contribution < -0.4 is 5.73 Å². The van der Waals surface area contributed by atoms with Gasteiger partial charge >= 0.3 is 0 Å². The Balaban J connectivity index is 2.10. The highest BCUT2D eigenvalue weighted by molar-refractivity contribution is 5.00. The summed E-state index contributed by atoms with van der Waals surface area (Å²) >= 11 is 0. The van der Waals surface area contributed by atoms with Crippen molar-refractivity contribution in [1.82, 2.24) is 4.90 Å². The highest BCUT2D eigenvalue weighted by Crippen LogP contribution is 2.40. The van der Waals surface area contributed by atoms with Crippen LogP contribution in [-0.4, -0.2) is 42.8 Å². The second kappa shape index (κ2) is 6.55. The van der Waals surface area contributed by atoms with Crippen LogP contribution in [0.2, 0.25) is 0 Å². The number of nitrogens with two attached hydrogens (primary N) is 1. The van der Waals surface area contributed by atoms with Crippen molar-refractivity contribution in [3.05, 3.63) is 0 Å². The van der Waals surface area contributed by atoms with Crippen LogP contribution >= 0.6 is 0 Å². The Kier molecular flexibility index (Phi) is 5.27. The van der Waals surface area contributed by atoms with Crippen LogP contribution in [0.15, 0.2) is 0 Å². The van der Waals surface area contributed by atoms with Gasteiger partial charge in [-0.2, -0.15) is 0 Å². The molecular formula is C16H32N2O.